The number of hydrogen-bond acceptors (Lipinski definition) is 4. The highest BCUT2D eigenvalue weighted by Gasteiger charge is 2.26. The van der Waals surface area contributed by atoms with Crippen LogP contribution in [-0.2, 0) is 27.4 Å². The Bertz CT molecular complexity index is 459. The van der Waals surface area contributed by atoms with E-state index in [1.165, 1.54) is 0 Å². The van der Waals surface area contributed by atoms with E-state index in [0.717, 1.165) is 24.0 Å². The maximum absolute atomic E-state index is 12.1. The normalized spacial score (nSPS) is 17.4. The molecule has 1 aromatic rings. The van der Waals surface area contributed by atoms with Gasteiger partial charge >= 0.3 is 0 Å². The lowest BCUT2D eigenvalue weighted by molar-refractivity contribution is -0.124. The fraction of sp³-hybridized carbons (Fsp3) is 0.562. The van der Waals surface area contributed by atoms with Crippen molar-refractivity contribution in [3.05, 3.63) is 35.4 Å². The molecule has 21 heavy (non-hydrogen) atoms. The number of carbonyl (C=O) groups excluding carboxylic acids is 1. The van der Waals surface area contributed by atoms with Crippen molar-refractivity contribution in [3.63, 3.8) is 0 Å². The predicted molar refractivity (Wildman–Crippen MR) is 80.5 cm³/mol. The van der Waals surface area contributed by atoms with Crippen molar-refractivity contribution in [2.75, 3.05) is 20.3 Å². The van der Waals surface area contributed by atoms with Crippen LogP contribution in [0, 0.1) is 5.92 Å². The van der Waals surface area contributed by atoms with E-state index < -0.39 is 6.04 Å². The Morgan fingerprint density at radius 2 is 2.14 bits per heavy atom. The van der Waals surface area contributed by atoms with Crippen molar-refractivity contribution in [2.45, 2.75) is 32.0 Å². The highest BCUT2D eigenvalue weighted by molar-refractivity contribution is 5.81. The number of methoxy groups -OCH3 is 1. The van der Waals surface area contributed by atoms with Crippen LogP contribution in [0.3, 0.4) is 0 Å². The molecule has 1 aliphatic rings. The molecule has 0 radical (unpaired) electrons. The van der Waals surface area contributed by atoms with E-state index in [9.17, 15) is 4.79 Å². The van der Waals surface area contributed by atoms with E-state index in [1.54, 1.807) is 7.11 Å². The Morgan fingerprint density at radius 3 is 2.86 bits per heavy atom. The highest BCUT2D eigenvalue weighted by Crippen LogP contribution is 2.17. The molecule has 116 valence electrons. The minimum atomic E-state index is -0.448. The van der Waals surface area contributed by atoms with Gasteiger partial charge in [0, 0.05) is 26.9 Å². The van der Waals surface area contributed by atoms with Crippen LogP contribution in [0.25, 0.3) is 0 Å². The molecular formula is C16H24N2O3. The number of rotatable bonds is 6. The fourth-order valence-corrected chi connectivity index (χ4v) is 2.59. The smallest absolute Gasteiger partial charge is 0.237 e. The molecule has 1 amide bonds. The summed E-state index contributed by atoms with van der Waals surface area (Å²) in [7, 11) is 1.67. The maximum atomic E-state index is 12.1. The van der Waals surface area contributed by atoms with Gasteiger partial charge in [0.2, 0.25) is 5.91 Å². The highest BCUT2D eigenvalue weighted by atomic mass is 16.5. The van der Waals surface area contributed by atoms with Crippen LogP contribution in [0.2, 0.25) is 0 Å². The third-order valence-electron chi connectivity index (χ3n) is 3.85. The number of nitrogens with one attached hydrogen (secondary N) is 1. The second kappa shape index (κ2) is 8.12. The Kier molecular flexibility index (Phi) is 6.17. The van der Waals surface area contributed by atoms with Crippen LogP contribution in [0.5, 0.6) is 0 Å². The largest absolute Gasteiger partial charge is 0.381 e. The van der Waals surface area contributed by atoms with E-state index in [-0.39, 0.29) is 11.8 Å². The quantitative estimate of drug-likeness (QED) is 0.826. The second-order valence-electron chi connectivity index (χ2n) is 5.45. The van der Waals surface area contributed by atoms with Gasteiger partial charge in [-0.05, 0) is 29.9 Å². The molecule has 1 atom stereocenters. The minimum absolute atomic E-state index is 0.0842. The third-order valence-corrected chi connectivity index (χ3v) is 3.85. The molecule has 1 fully saturated rings. The molecule has 0 aromatic heterocycles. The fourth-order valence-electron chi connectivity index (χ4n) is 2.59. The first-order valence-corrected chi connectivity index (χ1v) is 7.38. The number of nitrogens with two attached hydrogens (primary N) is 1. The second-order valence-corrected chi connectivity index (χ2v) is 5.45. The summed E-state index contributed by atoms with van der Waals surface area (Å²) in [6.45, 7) is 2.46. The van der Waals surface area contributed by atoms with Gasteiger partial charge < -0.3 is 20.5 Å². The topological polar surface area (TPSA) is 73.6 Å². The van der Waals surface area contributed by atoms with Crippen molar-refractivity contribution < 1.29 is 14.3 Å². The molecule has 1 aromatic carbocycles. The molecule has 1 saturated heterocycles. The average molecular weight is 292 g/mol. The van der Waals surface area contributed by atoms with Gasteiger partial charge in [-0.15, -0.1) is 0 Å². The van der Waals surface area contributed by atoms with E-state index >= 15 is 0 Å². The number of carbonyl (C=O) groups is 1. The monoisotopic (exact) mass is 292 g/mol. The summed E-state index contributed by atoms with van der Waals surface area (Å²) in [6.07, 6.45) is 1.72. The van der Waals surface area contributed by atoms with Crippen molar-refractivity contribution in [2.24, 2.45) is 11.7 Å². The van der Waals surface area contributed by atoms with Crippen LogP contribution in [-0.4, -0.2) is 32.3 Å². The zero-order chi connectivity index (χ0) is 15.1. The summed E-state index contributed by atoms with van der Waals surface area (Å²) in [5, 5.41) is 2.92. The molecule has 0 saturated carbocycles. The molecule has 1 heterocycles. The van der Waals surface area contributed by atoms with Crippen LogP contribution in [0.15, 0.2) is 24.3 Å². The SMILES string of the molecule is COCc1cccc(CNC(=O)C(N)C2CCOCC2)c1. The summed E-state index contributed by atoms with van der Waals surface area (Å²) in [4.78, 5) is 12.1. The van der Waals surface area contributed by atoms with Crippen molar-refractivity contribution in [3.8, 4) is 0 Å². The van der Waals surface area contributed by atoms with Gasteiger partial charge in [0.05, 0.1) is 12.6 Å². The number of hydrogen-bond donors (Lipinski definition) is 2. The average Bonchev–Trinajstić information content (AvgIpc) is 2.53. The molecule has 5 heteroatoms. The lowest BCUT2D eigenvalue weighted by Crippen LogP contribution is -2.46. The zero-order valence-electron chi connectivity index (χ0n) is 12.5. The first-order chi connectivity index (χ1) is 10.2. The Hall–Kier alpha value is -1.43. The molecule has 1 aliphatic heterocycles. The molecule has 1 unspecified atom stereocenters. The minimum Gasteiger partial charge on any atom is -0.381 e. The Labute approximate surface area is 125 Å². The molecule has 0 aliphatic carbocycles. The summed E-state index contributed by atoms with van der Waals surface area (Å²) in [6, 6.07) is 7.54. The van der Waals surface area contributed by atoms with Crippen LogP contribution >= 0.6 is 0 Å². The van der Waals surface area contributed by atoms with E-state index in [0.29, 0.717) is 26.4 Å². The summed E-state index contributed by atoms with van der Waals surface area (Å²) < 4.78 is 10.4. The lowest BCUT2D eigenvalue weighted by Gasteiger charge is -2.26. The zero-order valence-corrected chi connectivity index (χ0v) is 12.5. The standard InChI is InChI=1S/C16H24N2O3/c1-20-11-13-4-2-3-12(9-13)10-18-16(19)15(17)14-5-7-21-8-6-14/h2-4,9,14-15H,5-8,10-11,17H2,1H3,(H,18,19). The van der Waals surface area contributed by atoms with Crippen molar-refractivity contribution in [1.29, 1.82) is 0 Å². The van der Waals surface area contributed by atoms with Gasteiger partial charge in [-0.25, -0.2) is 0 Å². The van der Waals surface area contributed by atoms with Crippen LogP contribution < -0.4 is 11.1 Å². The maximum Gasteiger partial charge on any atom is 0.237 e. The third kappa shape index (κ3) is 4.81. The van der Waals surface area contributed by atoms with E-state index in [1.807, 2.05) is 24.3 Å². The van der Waals surface area contributed by atoms with Crippen LogP contribution in [0.4, 0.5) is 0 Å². The molecule has 0 bridgehead atoms. The van der Waals surface area contributed by atoms with Gasteiger partial charge in [0.15, 0.2) is 0 Å². The van der Waals surface area contributed by atoms with E-state index in [2.05, 4.69) is 5.32 Å². The van der Waals surface area contributed by atoms with Gasteiger partial charge in [-0.1, -0.05) is 24.3 Å². The number of benzene rings is 1. The summed E-state index contributed by atoms with van der Waals surface area (Å²) in [5.74, 6) is 0.137. The predicted octanol–water partition coefficient (Wildman–Crippen LogP) is 1.20. The summed E-state index contributed by atoms with van der Waals surface area (Å²) >= 11 is 0. The Balaban J connectivity index is 1.83. The molecule has 2 rings (SSSR count). The van der Waals surface area contributed by atoms with Gasteiger partial charge in [-0.3, -0.25) is 4.79 Å². The van der Waals surface area contributed by atoms with Crippen LogP contribution in [0.1, 0.15) is 24.0 Å². The lowest BCUT2D eigenvalue weighted by atomic mass is 9.92. The van der Waals surface area contributed by atoms with Gasteiger partial charge in [0.25, 0.3) is 0 Å². The van der Waals surface area contributed by atoms with Crippen molar-refractivity contribution >= 4 is 5.91 Å². The van der Waals surface area contributed by atoms with E-state index in [4.69, 9.17) is 15.2 Å². The number of ether oxygens (including phenoxy) is 2. The first-order valence-electron chi connectivity index (χ1n) is 7.38. The molecule has 5 nitrogen and oxygen atoms in total. The van der Waals surface area contributed by atoms with Gasteiger partial charge in [-0.2, -0.15) is 0 Å². The van der Waals surface area contributed by atoms with Crippen molar-refractivity contribution in [1.82, 2.24) is 5.32 Å². The Morgan fingerprint density at radius 1 is 1.43 bits per heavy atom. The number of amides is 1. The molecule has 3 N–H and O–H groups in total. The molecule has 0 spiro atoms. The van der Waals surface area contributed by atoms with Gasteiger partial charge in [0.1, 0.15) is 0 Å². The molecular weight excluding hydrogens is 268 g/mol. The summed E-state index contributed by atoms with van der Waals surface area (Å²) in [5.41, 5.74) is 8.19. The first kappa shape index (κ1) is 15.9.